The van der Waals surface area contributed by atoms with Crippen molar-refractivity contribution in [3.8, 4) is 11.1 Å². The first-order valence-corrected chi connectivity index (χ1v) is 5.80. The molecule has 0 amide bonds. The molecule has 0 saturated heterocycles. The molecule has 0 heterocycles. The van der Waals surface area contributed by atoms with Crippen LogP contribution < -0.4 is 0 Å². The molecule has 0 saturated carbocycles. The molecule has 100 valence electrons. The van der Waals surface area contributed by atoms with E-state index in [1.165, 1.54) is 6.07 Å². The summed E-state index contributed by atoms with van der Waals surface area (Å²) in [6.45, 7) is 1.46. The summed E-state index contributed by atoms with van der Waals surface area (Å²) in [6.07, 6.45) is -4.39. The van der Waals surface area contributed by atoms with Gasteiger partial charge in [-0.3, -0.25) is 0 Å². The fourth-order valence-corrected chi connectivity index (χ4v) is 2.04. The lowest BCUT2D eigenvalue weighted by atomic mass is 9.94. The van der Waals surface area contributed by atoms with Crippen LogP contribution in [0.5, 0.6) is 0 Å². The molecule has 0 aliphatic heterocycles. The van der Waals surface area contributed by atoms with Gasteiger partial charge in [0.1, 0.15) is 0 Å². The molecule has 4 heteroatoms. The maximum atomic E-state index is 12.6. The summed E-state index contributed by atoms with van der Waals surface area (Å²) in [6, 6.07) is 10.9. The van der Waals surface area contributed by atoms with Crippen molar-refractivity contribution in [2.75, 3.05) is 0 Å². The second-order valence-electron chi connectivity index (χ2n) is 4.34. The van der Waals surface area contributed by atoms with Gasteiger partial charge in [-0.2, -0.15) is 13.2 Å². The van der Waals surface area contributed by atoms with Crippen molar-refractivity contribution in [2.45, 2.75) is 19.7 Å². The number of halogens is 3. The van der Waals surface area contributed by atoms with E-state index in [0.717, 1.165) is 23.3 Å². The summed E-state index contributed by atoms with van der Waals surface area (Å²) in [5, 5.41) is 9.29. The van der Waals surface area contributed by atoms with Gasteiger partial charge in [0.25, 0.3) is 0 Å². The van der Waals surface area contributed by atoms with Gasteiger partial charge in [0.05, 0.1) is 12.2 Å². The van der Waals surface area contributed by atoms with Gasteiger partial charge < -0.3 is 5.11 Å². The fourth-order valence-electron chi connectivity index (χ4n) is 2.04. The van der Waals surface area contributed by atoms with Crippen molar-refractivity contribution in [2.24, 2.45) is 0 Å². The van der Waals surface area contributed by atoms with Crippen LogP contribution in [0.2, 0.25) is 0 Å². The molecule has 0 atom stereocenters. The first-order chi connectivity index (χ1) is 8.93. The molecule has 1 N–H and O–H groups in total. The first kappa shape index (κ1) is 13.6. The number of aryl methyl sites for hydroxylation is 1. The summed E-state index contributed by atoms with van der Waals surface area (Å²) < 4.78 is 37.9. The molecule has 0 spiro atoms. The second-order valence-corrected chi connectivity index (χ2v) is 4.34. The summed E-state index contributed by atoms with van der Waals surface area (Å²) >= 11 is 0. The Hall–Kier alpha value is -1.81. The zero-order chi connectivity index (χ0) is 14.0. The van der Waals surface area contributed by atoms with Crippen LogP contribution in [0.4, 0.5) is 13.2 Å². The Labute approximate surface area is 109 Å². The third-order valence-electron chi connectivity index (χ3n) is 3.04. The maximum Gasteiger partial charge on any atom is 0.416 e. The van der Waals surface area contributed by atoms with E-state index in [-0.39, 0.29) is 5.56 Å². The van der Waals surface area contributed by atoms with Crippen LogP contribution in [0, 0.1) is 6.92 Å². The molecule has 0 fully saturated rings. The molecule has 0 aromatic heterocycles. The maximum absolute atomic E-state index is 12.6. The average Bonchev–Trinajstić information content (AvgIpc) is 2.37. The number of aliphatic hydroxyl groups excluding tert-OH is 1. The van der Waals surface area contributed by atoms with Crippen LogP contribution in [0.15, 0.2) is 42.5 Å². The molecule has 1 nitrogen and oxygen atoms in total. The van der Waals surface area contributed by atoms with Crippen LogP contribution in [0.25, 0.3) is 11.1 Å². The first-order valence-electron chi connectivity index (χ1n) is 5.80. The number of benzene rings is 2. The Balaban J connectivity index is 2.57. The topological polar surface area (TPSA) is 20.2 Å². The number of aliphatic hydroxyl groups is 1. The van der Waals surface area contributed by atoms with Crippen molar-refractivity contribution in [1.29, 1.82) is 0 Å². The Morgan fingerprint density at radius 3 is 2.26 bits per heavy atom. The number of hydrogen-bond acceptors (Lipinski definition) is 1. The minimum atomic E-state index is -4.39. The minimum Gasteiger partial charge on any atom is -0.392 e. The van der Waals surface area contributed by atoms with Crippen molar-refractivity contribution >= 4 is 0 Å². The lowest BCUT2D eigenvalue weighted by Crippen LogP contribution is -2.06. The van der Waals surface area contributed by atoms with Gasteiger partial charge >= 0.3 is 6.18 Å². The van der Waals surface area contributed by atoms with E-state index in [9.17, 15) is 18.3 Å². The van der Waals surface area contributed by atoms with Gasteiger partial charge in [0.2, 0.25) is 0 Å². The van der Waals surface area contributed by atoms with Crippen LogP contribution in [-0.2, 0) is 12.8 Å². The van der Waals surface area contributed by atoms with Crippen LogP contribution >= 0.6 is 0 Å². The average molecular weight is 266 g/mol. The number of rotatable bonds is 2. The van der Waals surface area contributed by atoms with E-state index in [0.29, 0.717) is 5.56 Å². The molecule has 2 aromatic rings. The van der Waals surface area contributed by atoms with Gasteiger partial charge in [-0.15, -0.1) is 0 Å². The Morgan fingerprint density at radius 2 is 1.68 bits per heavy atom. The summed E-state index contributed by atoms with van der Waals surface area (Å²) in [4.78, 5) is 0. The molecule has 0 aliphatic rings. The third-order valence-corrected chi connectivity index (χ3v) is 3.04. The highest BCUT2D eigenvalue weighted by molar-refractivity contribution is 5.70. The van der Waals surface area contributed by atoms with Crippen molar-refractivity contribution in [3.63, 3.8) is 0 Å². The van der Waals surface area contributed by atoms with Crippen LogP contribution in [0.1, 0.15) is 16.7 Å². The largest absolute Gasteiger partial charge is 0.416 e. The van der Waals surface area contributed by atoms with E-state index in [4.69, 9.17) is 0 Å². The molecule has 0 radical (unpaired) electrons. The predicted molar refractivity (Wildman–Crippen MR) is 67.5 cm³/mol. The van der Waals surface area contributed by atoms with Crippen LogP contribution in [0.3, 0.4) is 0 Å². The SMILES string of the molecule is Cc1ccccc1-c1ccc(C(F)(F)F)cc1CO. The molecule has 0 aliphatic carbocycles. The molecule has 2 aromatic carbocycles. The van der Waals surface area contributed by atoms with E-state index in [2.05, 4.69) is 0 Å². The van der Waals surface area contributed by atoms with Gasteiger partial charge in [0.15, 0.2) is 0 Å². The predicted octanol–water partition coefficient (Wildman–Crippen LogP) is 4.17. The van der Waals surface area contributed by atoms with E-state index in [1.807, 2.05) is 31.2 Å². The summed E-state index contributed by atoms with van der Waals surface area (Å²) in [7, 11) is 0. The zero-order valence-electron chi connectivity index (χ0n) is 10.3. The second kappa shape index (κ2) is 5.05. The Bertz CT molecular complexity index is 588. The van der Waals surface area contributed by atoms with E-state index in [1.54, 1.807) is 0 Å². The van der Waals surface area contributed by atoms with E-state index < -0.39 is 18.3 Å². The van der Waals surface area contributed by atoms with Crippen molar-refractivity contribution in [3.05, 3.63) is 59.2 Å². The fraction of sp³-hybridized carbons (Fsp3) is 0.200. The lowest BCUT2D eigenvalue weighted by molar-refractivity contribution is -0.137. The smallest absolute Gasteiger partial charge is 0.392 e. The number of alkyl halides is 3. The zero-order valence-corrected chi connectivity index (χ0v) is 10.3. The molecule has 2 rings (SSSR count). The van der Waals surface area contributed by atoms with Crippen molar-refractivity contribution < 1.29 is 18.3 Å². The highest BCUT2D eigenvalue weighted by Crippen LogP contribution is 2.34. The van der Waals surface area contributed by atoms with E-state index >= 15 is 0 Å². The highest BCUT2D eigenvalue weighted by atomic mass is 19.4. The molecular formula is C15H13F3O. The van der Waals surface area contributed by atoms with Crippen molar-refractivity contribution in [1.82, 2.24) is 0 Å². The van der Waals surface area contributed by atoms with Crippen LogP contribution in [-0.4, -0.2) is 5.11 Å². The lowest BCUT2D eigenvalue weighted by Gasteiger charge is -2.14. The number of hydrogen-bond donors (Lipinski definition) is 1. The summed E-state index contributed by atoms with van der Waals surface area (Å²) in [5.74, 6) is 0. The molecule has 0 unspecified atom stereocenters. The van der Waals surface area contributed by atoms with Gasteiger partial charge in [-0.05, 0) is 41.3 Å². The normalized spacial score (nSPS) is 11.6. The molecule has 0 bridgehead atoms. The molecular weight excluding hydrogens is 253 g/mol. The quantitative estimate of drug-likeness (QED) is 0.864. The van der Waals surface area contributed by atoms with Gasteiger partial charge in [-0.25, -0.2) is 0 Å². The van der Waals surface area contributed by atoms with Gasteiger partial charge in [-0.1, -0.05) is 30.3 Å². The standard InChI is InChI=1S/C15H13F3O/c1-10-4-2-3-5-13(10)14-7-6-12(15(16,17)18)8-11(14)9-19/h2-8,19H,9H2,1H3. The van der Waals surface area contributed by atoms with Gasteiger partial charge in [0, 0.05) is 0 Å². The molecule has 19 heavy (non-hydrogen) atoms. The monoisotopic (exact) mass is 266 g/mol. The summed E-state index contributed by atoms with van der Waals surface area (Å²) in [5.41, 5.74) is 1.96. The minimum absolute atomic E-state index is 0.282. The highest BCUT2D eigenvalue weighted by Gasteiger charge is 2.31. The third kappa shape index (κ3) is 2.79. The Morgan fingerprint density at radius 1 is 1.00 bits per heavy atom. The Kier molecular flexibility index (Phi) is 3.62.